The van der Waals surface area contributed by atoms with E-state index < -0.39 is 6.10 Å². The number of rotatable bonds is 3. The zero-order valence-electron chi connectivity index (χ0n) is 10.8. The lowest BCUT2D eigenvalue weighted by Crippen LogP contribution is -2.41. The first-order chi connectivity index (χ1) is 9.06. The maximum Gasteiger partial charge on any atom is 0.0861 e. The maximum atomic E-state index is 10.9. The van der Waals surface area contributed by atoms with Crippen LogP contribution in [-0.4, -0.2) is 11.7 Å². The highest BCUT2D eigenvalue weighted by Crippen LogP contribution is 2.60. The molecular weight excluding hydrogens is 370 g/mol. The third kappa shape index (κ3) is 2.21. The first kappa shape index (κ1) is 14.1. The molecule has 104 valence electrons. The lowest BCUT2D eigenvalue weighted by atomic mass is 9.67. The van der Waals surface area contributed by atoms with Gasteiger partial charge in [0.15, 0.2) is 0 Å². The fourth-order valence-corrected chi connectivity index (χ4v) is 4.84. The molecule has 2 saturated carbocycles. The molecule has 2 aliphatic carbocycles. The maximum absolute atomic E-state index is 10.9. The fraction of sp³-hybridized carbons (Fsp3) is 0.600. The molecule has 2 bridgehead atoms. The Morgan fingerprint density at radius 1 is 1.32 bits per heavy atom. The van der Waals surface area contributed by atoms with Crippen molar-refractivity contribution >= 4 is 31.9 Å². The standard InChI is InChI=1S/C15H19Br2NO/c16-12-4-2-10(6-13(12)17)14(19)15(8-18)7-9-1-3-11(15)5-9/h2,4,6,9,11,14,19H,1,3,5,7-8,18H2. The molecule has 2 aliphatic rings. The van der Waals surface area contributed by atoms with Crippen LogP contribution in [0.1, 0.15) is 37.4 Å². The molecule has 0 saturated heterocycles. The van der Waals surface area contributed by atoms with Gasteiger partial charge in [0.05, 0.1) is 6.10 Å². The van der Waals surface area contributed by atoms with Gasteiger partial charge in [-0.15, -0.1) is 0 Å². The number of hydrogen-bond donors (Lipinski definition) is 2. The van der Waals surface area contributed by atoms with Crippen molar-refractivity contribution in [1.29, 1.82) is 0 Å². The van der Waals surface area contributed by atoms with Crippen LogP contribution in [0.4, 0.5) is 0 Å². The van der Waals surface area contributed by atoms with Gasteiger partial charge in [-0.2, -0.15) is 0 Å². The quantitative estimate of drug-likeness (QED) is 0.821. The van der Waals surface area contributed by atoms with Crippen LogP contribution >= 0.6 is 31.9 Å². The molecule has 3 N–H and O–H groups in total. The van der Waals surface area contributed by atoms with Crippen molar-refractivity contribution in [3.05, 3.63) is 32.7 Å². The Kier molecular flexibility index (Phi) is 3.80. The summed E-state index contributed by atoms with van der Waals surface area (Å²) in [6.45, 7) is 0.586. The number of nitrogens with two attached hydrogens (primary N) is 1. The van der Waals surface area contributed by atoms with Crippen molar-refractivity contribution in [3.63, 3.8) is 0 Å². The van der Waals surface area contributed by atoms with Gasteiger partial charge in [0, 0.05) is 20.9 Å². The molecule has 2 fully saturated rings. The Bertz CT molecular complexity index is 493. The van der Waals surface area contributed by atoms with E-state index in [1.54, 1.807) is 0 Å². The molecule has 1 aromatic carbocycles. The first-order valence-electron chi connectivity index (χ1n) is 6.90. The molecule has 19 heavy (non-hydrogen) atoms. The van der Waals surface area contributed by atoms with Crippen molar-refractivity contribution in [2.45, 2.75) is 31.8 Å². The topological polar surface area (TPSA) is 46.2 Å². The predicted molar refractivity (Wildman–Crippen MR) is 83.7 cm³/mol. The van der Waals surface area contributed by atoms with Crippen LogP contribution in [0.5, 0.6) is 0 Å². The Labute approximate surface area is 131 Å². The summed E-state index contributed by atoms with van der Waals surface area (Å²) >= 11 is 6.99. The summed E-state index contributed by atoms with van der Waals surface area (Å²) < 4.78 is 2.00. The molecule has 0 aromatic heterocycles. The molecule has 4 heteroatoms. The minimum absolute atomic E-state index is 0.101. The van der Waals surface area contributed by atoms with Crippen LogP contribution in [0.15, 0.2) is 27.1 Å². The molecule has 0 radical (unpaired) electrons. The number of benzene rings is 1. The van der Waals surface area contributed by atoms with Gasteiger partial charge in [0.2, 0.25) is 0 Å². The van der Waals surface area contributed by atoms with Gasteiger partial charge in [-0.05, 0) is 80.7 Å². The molecule has 0 amide bonds. The monoisotopic (exact) mass is 387 g/mol. The first-order valence-corrected chi connectivity index (χ1v) is 8.48. The molecular formula is C15H19Br2NO. The number of hydrogen-bond acceptors (Lipinski definition) is 2. The SMILES string of the molecule is NCC1(C(O)c2ccc(Br)c(Br)c2)CC2CCC1C2. The van der Waals surface area contributed by atoms with Gasteiger partial charge in [-0.3, -0.25) is 0 Å². The summed E-state index contributed by atoms with van der Waals surface area (Å²) in [5, 5.41) is 10.9. The molecule has 0 spiro atoms. The zero-order chi connectivity index (χ0) is 13.6. The van der Waals surface area contributed by atoms with Gasteiger partial charge in [-0.25, -0.2) is 0 Å². The lowest BCUT2D eigenvalue weighted by molar-refractivity contribution is -0.0130. The van der Waals surface area contributed by atoms with Crippen LogP contribution in [0.2, 0.25) is 0 Å². The predicted octanol–water partition coefficient (Wildman–Crippen LogP) is 4.01. The second-order valence-electron chi connectivity index (χ2n) is 6.09. The largest absolute Gasteiger partial charge is 0.388 e. The average molecular weight is 389 g/mol. The van der Waals surface area contributed by atoms with Crippen LogP contribution in [0, 0.1) is 17.3 Å². The van der Waals surface area contributed by atoms with E-state index in [4.69, 9.17) is 5.73 Å². The lowest BCUT2D eigenvalue weighted by Gasteiger charge is -2.41. The van der Waals surface area contributed by atoms with E-state index in [0.717, 1.165) is 26.8 Å². The molecule has 3 rings (SSSR count). The van der Waals surface area contributed by atoms with Crippen LogP contribution in [0.25, 0.3) is 0 Å². The Morgan fingerprint density at radius 2 is 2.11 bits per heavy atom. The van der Waals surface area contributed by atoms with Crippen LogP contribution in [0.3, 0.4) is 0 Å². The van der Waals surface area contributed by atoms with E-state index in [0.29, 0.717) is 12.5 Å². The molecule has 0 aliphatic heterocycles. The Hall–Kier alpha value is 0.1000. The summed E-state index contributed by atoms with van der Waals surface area (Å²) in [6.07, 6.45) is 4.45. The third-order valence-electron chi connectivity index (χ3n) is 5.21. The van der Waals surface area contributed by atoms with E-state index in [9.17, 15) is 5.11 Å². The number of aliphatic hydroxyl groups is 1. The van der Waals surface area contributed by atoms with E-state index in [1.807, 2.05) is 18.2 Å². The second-order valence-corrected chi connectivity index (χ2v) is 7.80. The smallest absolute Gasteiger partial charge is 0.0861 e. The van der Waals surface area contributed by atoms with Gasteiger partial charge >= 0.3 is 0 Å². The van der Waals surface area contributed by atoms with Crippen LogP contribution < -0.4 is 5.73 Å². The highest BCUT2D eigenvalue weighted by atomic mass is 79.9. The average Bonchev–Trinajstić information content (AvgIpc) is 3.02. The second kappa shape index (κ2) is 5.14. The van der Waals surface area contributed by atoms with Gasteiger partial charge in [-0.1, -0.05) is 12.5 Å². The highest BCUT2D eigenvalue weighted by molar-refractivity contribution is 9.13. The zero-order valence-corrected chi connectivity index (χ0v) is 14.0. The minimum Gasteiger partial charge on any atom is -0.388 e. The van der Waals surface area contributed by atoms with Crippen molar-refractivity contribution in [1.82, 2.24) is 0 Å². The number of fused-ring (bicyclic) bond motifs is 2. The molecule has 4 unspecified atom stereocenters. The van der Waals surface area contributed by atoms with Crippen molar-refractivity contribution in [2.24, 2.45) is 23.0 Å². The summed E-state index contributed by atoms with van der Waals surface area (Å²) in [7, 11) is 0. The van der Waals surface area contributed by atoms with Gasteiger partial charge in [0.25, 0.3) is 0 Å². The number of aliphatic hydroxyl groups excluding tert-OH is 1. The van der Waals surface area contributed by atoms with Gasteiger partial charge in [0.1, 0.15) is 0 Å². The van der Waals surface area contributed by atoms with E-state index in [2.05, 4.69) is 31.9 Å². The molecule has 1 aromatic rings. The Balaban J connectivity index is 1.93. The fourth-order valence-electron chi connectivity index (χ4n) is 4.20. The van der Waals surface area contributed by atoms with Gasteiger partial charge < -0.3 is 10.8 Å². The number of halogens is 2. The third-order valence-corrected chi connectivity index (χ3v) is 7.09. The van der Waals surface area contributed by atoms with Crippen molar-refractivity contribution in [2.75, 3.05) is 6.54 Å². The summed E-state index contributed by atoms with van der Waals surface area (Å²) in [5.41, 5.74) is 6.96. The Morgan fingerprint density at radius 3 is 2.63 bits per heavy atom. The van der Waals surface area contributed by atoms with Crippen molar-refractivity contribution in [3.8, 4) is 0 Å². The van der Waals surface area contributed by atoms with Crippen molar-refractivity contribution < 1.29 is 5.11 Å². The summed E-state index contributed by atoms with van der Waals surface area (Å²) in [6, 6.07) is 6.00. The van der Waals surface area contributed by atoms with Crippen LogP contribution in [-0.2, 0) is 0 Å². The molecule has 2 nitrogen and oxygen atoms in total. The minimum atomic E-state index is -0.447. The summed E-state index contributed by atoms with van der Waals surface area (Å²) in [4.78, 5) is 0. The highest BCUT2D eigenvalue weighted by Gasteiger charge is 2.54. The van der Waals surface area contributed by atoms with E-state index in [-0.39, 0.29) is 5.41 Å². The molecule has 0 heterocycles. The van der Waals surface area contributed by atoms with E-state index >= 15 is 0 Å². The summed E-state index contributed by atoms with van der Waals surface area (Å²) in [5.74, 6) is 1.38. The normalized spacial score (nSPS) is 34.7. The van der Waals surface area contributed by atoms with E-state index in [1.165, 1.54) is 19.3 Å². The molecule has 4 atom stereocenters.